The molecule has 0 spiro atoms. The van der Waals surface area contributed by atoms with Crippen LogP contribution in [0.25, 0.3) is 0 Å². The van der Waals surface area contributed by atoms with Gasteiger partial charge in [-0.1, -0.05) is 30.3 Å². The van der Waals surface area contributed by atoms with Gasteiger partial charge in [0, 0.05) is 42.4 Å². The molecule has 0 unspecified atom stereocenters. The summed E-state index contributed by atoms with van der Waals surface area (Å²) in [6, 6.07) is 18.6. The summed E-state index contributed by atoms with van der Waals surface area (Å²) in [5.74, 6) is 0.895. The summed E-state index contributed by atoms with van der Waals surface area (Å²) in [5, 5.41) is 3.00. The standard InChI is InChI=1S/C20H24N2O2S/c23-20(10-15-25-19-4-2-1-3-5-19)21-16-17-6-8-18(9-7-17)22-11-13-24-14-12-22/h1-9H,10-16H2,(H,21,23). The predicted molar refractivity (Wildman–Crippen MR) is 103 cm³/mol. The Bertz CT molecular complexity index is 655. The van der Waals surface area contributed by atoms with Crippen molar-refractivity contribution in [3.8, 4) is 0 Å². The van der Waals surface area contributed by atoms with Crippen LogP contribution in [-0.2, 0) is 16.1 Å². The van der Waals surface area contributed by atoms with E-state index in [-0.39, 0.29) is 5.91 Å². The molecule has 1 heterocycles. The highest BCUT2D eigenvalue weighted by Gasteiger charge is 2.10. The Hall–Kier alpha value is -1.98. The van der Waals surface area contributed by atoms with Crippen LogP contribution in [0.2, 0.25) is 0 Å². The second-order valence-corrected chi connectivity index (χ2v) is 7.12. The minimum Gasteiger partial charge on any atom is -0.378 e. The van der Waals surface area contributed by atoms with Crippen LogP contribution in [0.3, 0.4) is 0 Å². The number of hydrogen-bond acceptors (Lipinski definition) is 4. The van der Waals surface area contributed by atoms with E-state index in [4.69, 9.17) is 4.74 Å². The fraction of sp³-hybridized carbons (Fsp3) is 0.350. The van der Waals surface area contributed by atoms with Gasteiger partial charge in [-0.05, 0) is 29.8 Å². The third-order valence-electron chi connectivity index (χ3n) is 4.14. The number of ether oxygens (including phenoxy) is 1. The smallest absolute Gasteiger partial charge is 0.221 e. The normalized spacial score (nSPS) is 14.3. The molecule has 1 amide bonds. The lowest BCUT2D eigenvalue weighted by Gasteiger charge is -2.28. The molecule has 1 N–H and O–H groups in total. The monoisotopic (exact) mass is 356 g/mol. The number of anilines is 1. The van der Waals surface area contributed by atoms with Gasteiger partial charge in [-0.25, -0.2) is 0 Å². The van der Waals surface area contributed by atoms with Crippen molar-refractivity contribution in [3.63, 3.8) is 0 Å². The molecule has 3 rings (SSSR count). The zero-order valence-electron chi connectivity index (χ0n) is 14.3. The Morgan fingerprint density at radius 3 is 2.48 bits per heavy atom. The maximum atomic E-state index is 12.0. The zero-order chi connectivity index (χ0) is 17.3. The van der Waals surface area contributed by atoms with Gasteiger partial charge in [-0.2, -0.15) is 0 Å². The lowest BCUT2D eigenvalue weighted by atomic mass is 10.2. The van der Waals surface area contributed by atoms with Crippen LogP contribution in [0, 0.1) is 0 Å². The molecular weight excluding hydrogens is 332 g/mol. The Morgan fingerprint density at radius 2 is 1.76 bits per heavy atom. The summed E-state index contributed by atoms with van der Waals surface area (Å²) in [6.07, 6.45) is 0.533. The molecule has 1 fully saturated rings. The molecule has 0 atom stereocenters. The summed E-state index contributed by atoms with van der Waals surface area (Å²) in [6.45, 7) is 4.04. The molecule has 1 aliphatic heterocycles. The first-order valence-electron chi connectivity index (χ1n) is 8.67. The molecule has 4 nitrogen and oxygen atoms in total. The number of morpholine rings is 1. The topological polar surface area (TPSA) is 41.6 Å². The number of hydrogen-bond donors (Lipinski definition) is 1. The van der Waals surface area contributed by atoms with Crippen molar-refractivity contribution < 1.29 is 9.53 Å². The molecule has 1 aliphatic rings. The molecule has 2 aromatic rings. The zero-order valence-corrected chi connectivity index (χ0v) is 15.1. The highest BCUT2D eigenvalue weighted by molar-refractivity contribution is 7.99. The van der Waals surface area contributed by atoms with Crippen molar-refractivity contribution in [2.75, 3.05) is 37.0 Å². The number of carbonyl (C=O) groups excluding carboxylic acids is 1. The van der Waals surface area contributed by atoms with Crippen LogP contribution in [0.15, 0.2) is 59.5 Å². The number of amides is 1. The average Bonchev–Trinajstić information content (AvgIpc) is 2.68. The summed E-state index contributed by atoms with van der Waals surface area (Å²) in [7, 11) is 0. The third-order valence-corrected chi connectivity index (χ3v) is 5.16. The molecule has 1 saturated heterocycles. The van der Waals surface area contributed by atoms with Crippen LogP contribution in [0.4, 0.5) is 5.69 Å². The lowest BCUT2D eigenvalue weighted by Crippen LogP contribution is -2.36. The quantitative estimate of drug-likeness (QED) is 0.773. The van der Waals surface area contributed by atoms with Crippen molar-refractivity contribution in [1.82, 2.24) is 5.32 Å². The van der Waals surface area contributed by atoms with Gasteiger partial charge in [0.2, 0.25) is 5.91 Å². The first-order chi connectivity index (χ1) is 12.3. The maximum Gasteiger partial charge on any atom is 0.221 e. The van der Waals surface area contributed by atoms with E-state index in [1.165, 1.54) is 10.6 Å². The fourth-order valence-electron chi connectivity index (χ4n) is 2.71. The van der Waals surface area contributed by atoms with Crippen molar-refractivity contribution in [2.45, 2.75) is 17.9 Å². The van der Waals surface area contributed by atoms with Crippen molar-refractivity contribution in [3.05, 3.63) is 60.2 Å². The molecule has 5 heteroatoms. The summed E-state index contributed by atoms with van der Waals surface area (Å²) < 4.78 is 5.38. The Labute approximate surface area is 153 Å². The summed E-state index contributed by atoms with van der Waals surface area (Å²) in [4.78, 5) is 15.5. The van der Waals surface area contributed by atoms with Gasteiger partial charge in [-0.15, -0.1) is 11.8 Å². The molecule has 2 aromatic carbocycles. The van der Waals surface area contributed by atoms with Gasteiger partial charge in [0.05, 0.1) is 13.2 Å². The highest BCUT2D eigenvalue weighted by Crippen LogP contribution is 2.18. The lowest BCUT2D eigenvalue weighted by molar-refractivity contribution is -0.120. The number of nitrogens with zero attached hydrogens (tertiary/aromatic N) is 1. The van der Waals surface area contributed by atoms with Gasteiger partial charge < -0.3 is 15.0 Å². The number of nitrogens with one attached hydrogen (secondary N) is 1. The van der Waals surface area contributed by atoms with Crippen molar-refractivity contribution >= 4 is 23.4 Å². The molecule has 0 saturated carbocycles. The van der Waals surface area contributed by atoms with E-state index < -0.39 is 0 Å². The first-order valence-corrected chi connectivity index (χ1v) is 9.66. The summed E-state index contributed by atoms with van der Waals surface area (Å²) in [5.41, 5.74) is 2.35. The maximum absolute atomic E-state index is 12.0. The van der Waals surface area contributed by atoms with E-state index in [2.05, 4.69) is 46.6 Å². The second-order valence-electron chi connectivity index (χ2n) is 5.95. The van der Waals surface area contributed by atoms with Crippen molar-refractivity contribution in [1.29, 1.82) is 0 Å². The largest absolute Gasteiger partial charge is 0.378 e. The number of rotatable bonds is 7. The SMILES string of the molecule is O=C(CCSc1ccccc1)NCc1ccc(N2CCOCC2)cc1. The number of benzene rings is 2. The van der Waals surface area contributed by atoms with E-state index in [1.807, 2.05) is 18.2 Å². The highest BCUT2D eigenvalue weighted by atomic mass is 32.2. The van der Waals surface area contributed by atoms with E-state index in [0.29, 0.717) is 13.0 Å². The number of carbonyl (C=O) groups is 1. The van der Waals surface area contributed by atoms with Gasteiger partial charge in [0.25, 0.3) is 0 Å². The Morgan fingerprint density at radius 1 is 1.04 bits per heavy atom. The summed E-state index contributed by atoms with van der Waals surface area (Å²) >= 11 is 1.71. The molecular formula is C20H24N2O2S. The molecule has 0 radical (unpaired) electrons. The van der Waals surface area contributed by atoms with Crippen LogP contribution in [0.5, 0.6) is 0 Å². The van der Waals surface area contributed by atoms with Crippen LogP contribution >= 0.6 is 11.8 Å². The van der Waals surface area contributed by atoms with Gasteiger partial charge in [-0.3, -0.25) is 4.79 Å². The number of thioether (sulfide) groups is 1. The van der Waals surface area contributed by atoms with E-state index in [9.17, 15) is 4.79 Å². The molecule has 0 bridgehead atoms. The minimum absolute atomic E-state index is 0.0979. The van der Waals surface area contributed by atoms with Crippen LogP contribution in [0.1, 0.15) is 12.0 Å². The third kappa shape index (κ3) is 5.80. The van der Waals surface area contributed by atoms with E-state index in [0.717, 1.165) is 37.6 Å². The minimum atomic E-state index is 0.0979. The van der Waals surface area contributed by atoms with Gasteiger partial charge in [0.1, 0.15) is 0 Å². The molecule has 0 aromatic heterocycles. The van der Waals surface area contributed by atoms with Crippen LogP contribution < -0.4 is 10.2 Å². The first kappa shape index (κ1) is 17.8. The van der Waals surface area contributed by atoms with Crippen molar-refractivity contribution in [2.24, 2.45) is 0 Å². The van der Waals surface area contributed by atoms with E-state index >= 15 is 0 Å². The molecule has 132 valence electrons. The van der Waals surface area contributed by atoms with Crippen LogP contribution in [-0.4, -0.2) is 38.0 Å². The molecule has 0 aliphatic carbocycles. The Balaban J connectivity index is 1.38. The average molecular weight is 356 g/mol. The van der Waals surface area contributed by atoms with Gasteiger partial charge >= 0.3 is 0 Å². The fourth-order valence-corrected chi connectivity index (χ4v) is 3.59. The second kappa shape index (κ2) is 9.49. The predicted octanol–water partition coefficient (Wildman–Crippen LogP) is 3.32. The van der Waals surface area contributed by atoms with Gasteiger partial charge in [0.15, 0.2) is 0 Å². The van der Waals surface area contributed by atoms with E-state index in [1.54, 1.807) is 11.8 Å². The Kier molecular flexibility index (Phi) is 6.77. The molecule has 25 heavy (non-hydrogen) atoms.